The number of benzene rings is 1. The molecule has 1 aromatic carbocycles. The minimum atomic E-state index is -0.0360. The molecule has 136 valence electrons. The van der Waals surface area contributed by atoms with E-state index in [1.165, 1.54) is 0 Å². The van der Waals surface area contributed by atoms with Crippen LogP contribution >= 0.6 is 0 Å². The average Bonchev–Trinajstić information content (AvgIpc) is 3.13. The highest BCUT2D eigenvalue weighted by molar-refractivity contribution is 5.94. The van der Waals surface area contributed by atoms with Crippen LogP contribution in [0.3, 0.4) is 0 Å². The monoisotopic (exact) mass is 346 g/mol. The standard InChI is InChI=1S/C19H26N2O4/c1-13-10-21(11-14(2)25-13)19(23)16-5-3-15(4-6-16)9-20-18(22)17-7-8-24-12-17/h3-6,13-14,17H,7-12H2,1-2H3,(H,20,22)/t13-,14-,17-/m1/s1. The van der Waals surface area contributed by atoms with Crippen molar-refractivity contribution in [1.82, 2.24) is 10.2 Å². The smallest absolute Gasteiger partial charge is 0.254 e. The van der Waals surface area contributed by atoms with Crippen LogP contribution in [0.25, 0.3) is 0 Å². The molecule has 3 rings (SSSR count). The van der Waals surface area contributed by atoms with Crippen molar-refractivity contribution < 1.29 is 19.1 Å². The summed E-state index contributed by atoms with van der Waals surface area (Å²) in [7, 11) is 0. The summed E-state index contributed by atoms with van der Waals surface area (Å²) in [5, 5.41) is 2.93. The largest absolute Gasteiger partial charge is 0.381 e. The molecular weight excluding hydrogens is 320 g/mol. The molecule has 6 nitrogen and oxygen atoms in total. The predicted molar refractivity (Wildman–Crippen MR) is 93.1 cm³/mol. The third-order valence-electron chi connectivity index (χ3n) is 4.67. The van der Waals surface area contributed by atoms with Crippen molar-refractivity contribution in [3.05, 3.63) is 35.4 Å². The Kier molecular flexibility index (Phi) is 5.71. The topological polar surface area (TPSA) is 67.9 Å². The van der Waals surface area contributed by atoms with E-state index in [-0.39, 0.29) is 29.9 Å². The third-order valence-corrected chi connectivity index (χ3v) is 4.67. The van der Waals surface area contributed by atoms with Crippen LogP contribution in [-0.2, 0) is 20.8 Å². The van der Waals surface area contributed by atoms with Crippen molar-refractivity contribution in [2.75, 3.05) is 26.3 Å². The second-order valence-electron chi connectivity index (χ2n) is 6.94. The summed E-state index contributed by atoms with van der Waals surface area (Å²) in [5.41, 5.74) is 1.65. The first-order valence-corrected chi connectivity index (χ1v) is 8.92. The lowest BCUT2D eigenvalue weighted by molar-refractivity contribution is -0.125. The van der Waals surface area contributed by atoms with E-state index < -0.39 is 0 Å². The van der Waals surface area contributed by atoms with E-state index in [4.69, 9.17) is 9.47 Å². The van der Waals surface area contributed by atoms with Gasteiger partial charge in [-0.25, -0.2) is 0 Å². The Morgan fingerprint density at radius 3 is 2.44 bits per heavy atom. The third kappa shape index (κ3) is 4.58. The summed E-state index contributed by atoms with van der Waals surface area (Å²) in [6, 6.07) is 7.44. The molecular formula is C19H26N2O4. The van der Waals surface area contributed by atoms with Crippen molar-refractivity contribution in [2.24, 2.45) is 5.92 Å². The molecule has 3 atom stereocenters. The summed E-state index contributed by atoms with van der Waals surface area (Å²) in [4.78, 5) is 26.5. The van der Waals surface area contributed by atoms with Gasteiger partial charge in [0.25, 0.3) is 5.91 Å². The quantitative estimate of drug-likeness (QED) is 0.899. The minimum Gasteiger partial charge on any atom is -0.381 e. The maximum Gasteiger partial charge on any atom is 0.254 e. The molecule has 2 saturated heterocycles. The summed E-state index contributed by atoms with van der Waals surface area (Å²) < 4.78 is 10.9. The number of amides is 2. The van der Waals surface area contributed by atoms with E-state index in [0.29, 0.717) is 38.4 Å². The Morgan fingerprint density at radius 1 is 1.16 bits per heavy atom. The summed E-state index contributed by atoms with van der Waals surface area (Å²) in [5.74, 6) is 0.0285. The van der Waals surface area contributed by atoms with Crippen molar-refractivity contribution in [3.8, 4) is 0 Å². The lowest BCUT2D eigenvalue weighted by Crippen LogP contribution is -2.48. The number of ether oxygens (including phenoxy) is 2. The fourth-order valence-electron chi connectivity index (χ4n) is 3.37. The van der Waals surface area contributed by atoms with Crippen LogP contribution in [0.1, 0.15) is 36.2 Å². The van der Waals surface area contributed by atoms with Gasteiger partial charge in [-0.05, 0) is 38.0 Å². The van der Waals surface area contributed by atoms with Crippen molar-refractivity contribution in [1.29, 1.82) is 0 Å². The molecule has 25 heavy (non-hydrogen) atoms. The van der Waals surface area contributed by atoms with Gasteiger partial charge in [-0.1, -0.05) is 12.1 Å². The van der Waals surface area contributed by atoms with Gasteiger partial charge in [0.05, 0.1) is 24.7 Å². The molecule has 2 aliphatic rings. The molecule has 0 aliphatic carbocycles. The van der Waals surface area contributed by atoms with Gasteiger partial charge in [0, 0.05) is 31.8 Å². The van der Waals surface area contributed by atoms with Gasteiger partial charge in [0.1, 0.15) is 0 Å². The van der Waals surface area contributed by atoms with Crippen LogP contribution in [0.15, 0.2) is 24.3 Å². The summed E-state index contributed by atoms with van der Waals surface area (Å²) in [6.45, 7) is 6.84. The van der Waals surface area contributed by atoms with E-state index in [2.05, 4.69) is 5.32 Å². The first-order valence-electron chi connectivity index (χ1n) is 8.92. The Bertz CT molecular complexity index is 600. The van der Waals surface area contributed by atoms with E-state index >= 15 is 0 Å². The molecule has 0 saturated carbocycles. The normalized spacial score (nSPS) is 26.5. The van der Waals surface area contributed by atoms with Crippen LogP contribution in [-0.4, -0.2) is 55.2 Å². The fourth-order valence-corrected chi connectivity index (χ4v) is 3.37. The van der Waals surface area contributed by atoms with Gasteiger partial charge in [-0.15, -0.1) is 0 Å². The Balaban J connectivity index is 1.54. The molecule has 0 unspecified atom stereocenters. The molecule has 0 bridgehead atoms. The second-order valence-corrected chi connectivity index (χ2v) is 6.94. The van der Waals surface area contributed by atoms with E-state index in [1.807, 2.05) is 43.0 Å². The van der Waals surface area contributed by atoms with Crippen LogP contribution in [0.2, 0.25) is 0 Å². The average molecular weight is 346 g/mol. The summed E-state index contributed by atoms with van der Waals surface area (Å²) in [6.07, 6.45) is 0.902. The number of hydrogen-bond acceptors (Lipinski definition) is 4. The molecule has 2 aliphatic heterocycles. The van der Waals surface area contributed by atoms with Gasteiger partial charge in [0.2, 0.25) is 5.91 Å². The minimum absolute atomic E-state index is 0.0284. The lowest BCUT2D eigenvalue weighted by atomic mass is 10.1. The highest BCUT2D eigenvalue weighted by atomic mass is 16.5. The molecule has 0 aromatic heterocycles. The Hall–Kier alpha value is -1.92. The Morgan fingerprint density at radius 2 is 1.84 bits per heavy atom. The van der Waals surface area contributed by atoms with Crippen molar-refractivity contribution in [3.63, 3.8) is 0 Å². The maximum absolute atomic E-state index is 12.6. The van der Waals surface area contributed by atoms with Gasteiger partial charge in [-0.2, -0.15) is 0 Å². The fraction of sp³-hybridized carbons (Fsp3) is 0.579. The zero-order chi connectivity index (χ0) is 17.8. The number of nitrogens with zero attached hydrogens (tertiary/aromatic N) is 1. The number of nitrogens with one attached hydrogen (secondary N) is 1. The van der Waals surface area contributed by atoms with Crippen LogP contribution < -0.4 is 5.32 Å². The molecule has 6 heteroatoms. The number of morpholine rings is 1. The highest BCUT2D eigenvalue weighted by Crippen LogP contribution is 2.16. The number of carbonyl (C=O) groups is 2. The number of rotatable bonds is 4. The second kappa shape index (κ2) is 7.97. The lowest BCUT2D eigenvalue weighted by Gasteiger charge is -2.35. The SMILES string of the molecule is C[C@@H]1CN(C(=O)c2ccc(CNC(=O)[C@@H]3CCOC3)cc2)C[C@@H](C)O1. The molecule has 2 heterocycles. The van der Waals surface area contributed by atoms with Gasteiger partial charge >= 0.3 is 0 Å². The highest BCUT2D eigenvalue weighted by Gasteiger charge is 2.26. The van der Waals surface area contributed by atoms with Crippen molar-refractivity contribution >= 4 is 11.8 Å². The molecule has 2 fully saturated rings. The maximum atomic E-state index is 12.6. The molecule has 1 aromatic rings. The van der Waals surface area contributed by atoms with E-state index in [1.54, 1.807) is 0 Å². The first kappa shape index (κ1) is 17.9. The number of carbonyl (C=O) groups excluding carboxylic acids is 2. The van der Waals surface area contributed by atoms with Crippen LogP contribution in [0.5, 0.6) is 0 Å². The zero-order valence-electron chi connectivity index (χ0n) is 14.9. The summed E-state index contributed by atoms with van der Waals surface area (Å²) >= 11 is 0. The van der Waals surface area contributed by atoms with Gasteiger partial charge in [-0.3, -0.25) is 9.59 Å². The zero-order valence-corrected chi connectivity index (χ0v) is 14.9. The van der Waals surface area contributed by atoms with Crippen molar-refractivity contribution in [2.45, 2.75) is 39.0 Å². The molecule has 1 N–H and O–H groups in total. The number of hydrogen-bond donors (Lipinski definition) is 1. The van der Waals surface area contributed by atoms with Gasteiger partial charge in [0.15, 0.2) is 0 Å². The van der Waals surface area contributed by atoms with Crippen LogP contribution in [0.4, 0.5) is 0 Å². The first-order chi connectivity index (χ1) is 12.0. The Labute approximate surface area is 148 Å². The van der Waals surface area contributed by atoms with E-state index in [9.17, 15) is 9.59 Å². The van der Waals surface area contributed by atoms with Gasteiger partial charge < -0.3 is 19.7 Å². The molecule has 0 radical (unpaired) electrons. The predicted octanol–water partition coefficient (Wildman–Crippen LogP) is 1.59. The van der Waals surface area contributed by atoms with E-state index in [0.717, 1.165) is 12.0 Å². The van der Waals surface area contributed by atoms with Crippen LogP contribution in [0, 0.1) is 5.92 Å². The molecule has 2 amide bonds. The molecule has 0 spiro atoms.